The Morgan fingerprint density at radius 3 is 2.65 bits per heavy atom. The topological polar surface area (TPSA) is 54.7 Å². The van der Waals surface area contributed by atoms with Gasteiger partial charge in [0, 0.05) is 17.3 Å². The molecule has 0 saturated heterocycles. The Balaban J connectivity index is 1.84. The highest BCUT2D eigenvalue weighted by Crippen LogP contribution is 2.24. The van der Waals surface area contributed by atoms with Crippen LogP contribution in [0.1, 0.15) is 0 Å². The molecule has 0 aliphatic carbocycles. The molecule has 20 heavy (non-hydrogen) atoms. The van der Waals surface area contributed by atoms with Gasteiger partial charge < -0.3 is 9.40 Å². The van der Waals surface area contributed by atoms with Crippen LogP contribution >= 0.6 is 0 Å². The average Bonchev–Trinajstić information content (AvgIpc) is 3.16. The Labute approximate surface area is 115 Å². The molecule has 4 heteroatoms. The molecule has 0 amide bonds. The summed E-state index contributed by atoms with van der Waals surface area (Å²) in [5.41, 5.74) is 3.59. The first-order valence-corrected chi connectivity index (χ1v) is 6.35. The van der Waals surface area contributed by atoms with E-state index in [1.165, 1.54) is 0 Å². The van der Waals surface area contributed by atoms with Crippen molar-refractivity contribution in [1.29, 1.82) is 0 Å². The Bertz CT molecular complexity index is 848. The first-order valence-electron chi connectivity index (χ1n) is 6.35. The highest BCUT2D eigenvalue weighted by Gasteiger charge is 2.08. The molecule has 0 bridgehead atoms. The van der Waals surface area contributed by atoms with Crippen molar-refractivity contribution < 1.29 is 4.42 Å². The molecule has 4 nitrogen and oxygen atoms in total. The van der Waals surface area contributed by atoms with Crippen LogP contribution in [0.25, 0.3) is 33.9 Å². The van der Waals surface area contributed by atoms with Gasteiger partial charge in [-0.3, -0.25) is 0 Å². The van der Waals surface area contributed by atoms with E-state index in [1.54, 1.807) is 12.5 Å². The summed E-state index contributed by atoms with van der Waals surface area (Å²) in [7, 11) is 0. The molecule has 0 radical (unpaired) electrons. The number of imidazole rings is 1. The highest BCUT2D eigenvalue weighted by molar-refractivity contribution is 5.79. The molecule has 1 aromatic carbocycles. The summed E-state index contributed by atoms with van der Waals surface area (Å²) in [6, 6.07) is 15.8. The van der Waals surface area contributed by atoms with Crippen LogP contribution in [0.4, 0.5) is 0 Å². The molecular weight excluding hydrogens is 250 g/mol. The molecule has 0 atom stereocenters. The van der Waals surface area contributed by atoms with Crippen molar-refractivity contribution in [2.75, 3.05) is 0 Å². The second-order valence-electron chi connectivity index (χ2n) is 4.52. The van der Waals surface area contributed by atoms with Crippen molar-refractivity contribution in [3.63, 3.8) is 0 Å². The predicted molar refractivity (Wildman–Crippen MR) is 77.0 cm³/mol. The molecule has 0 fully saturated rings. The number of nitrogens with one attached hydrogen (secondary N) is 1. The van der Waals surface area contributed by atoms with E-state index >= 15 is 0 Å². The number of pyridine rings is 1. The lowest BCUT2D eigenvalue weighted by Crippen LogP contribution is -1.79. The third-order valence-corrected chi connectivity index (χ3v) is 3.19. The summed E-state index contributed by atoms with van der Waals surface area (Å²) < 4.78 is 5.39. The van der Waals surface area contributed by atoms with Gasteiger partial charge in [0.15, 0.2) is 5.65 Å². The van der Waals surface area contributed by atoms with Crippen LogP contribution in [0.3, 0.4) is 0 Å². The molecule has 96 valence electrons. The van der Waals surface area contributed by atoms with Crippen LogP contribution < -0.4 is 0 Å². The van der Waals surface area contributed by atoms with Gasteiger partial charge in [0.1, 0.15) is 11.6 Å². The fraction of sp³-hybridized carbons (Fsp3) is 0. The van der Waals surface area contributed by atoms with Crippen molar-refractivity contribution in [1.82, 2.24) is 15.0 Å². The van der Waals surface area contributed by atoms with Crippen LogP contribution in [0.2, 0.25) is 0 Å². The zero-order valence-corrected chi connectivity index (χ0v) is 10.6. The highest BCUT2D eigenvalue weighted by atomic mass is 16.3. The van der Waals surface area contributed by atoms with E-state index in [4.69, 9.17) is 4.42 Å². The van der Waals surface area contributed by atoms with Gasteiger partial charge in [0.2, 0.25) is 0 Å². The molecule has 0 unspecified atom stereocenters. The third-order valence-electron chi connectivity index (χ3n) is 3.19. The van der Waals surface area contributed by atoms with Crippen LogP contribution in [0, 0.1) is 0 Å². The standard InChI is InChI=1S/C16H11N3O/c1-2-5-11(6-3-1)15-18-13-9-12(10-17-16(13)19-15)14-7-4-8-20-14/h1-10H,(H,17,18,19). The average molecular weight is 261 g/mol. The van der Waals surface area contributed by atoms with E-state index < -0.39 is 0 Å². The van der Waals surface area contributed by atoms with Gasteiger partial charge in [-0.05, 0) is 18.2 Å². The number of furan rings is 1. The maximum Gasteiger partial charge on any atom is 0.178 e. The summed E-state index contributed by atoms with van der Waals surface area (Å²) >= 11 is 0. The maximum absolute atomic E-state index is 5.39. The quantitative estimate of drug-likeness (QED) is 0.595. The third kappa shape index (κ3) is 1.78. The Morgan fingerprint density at radius 1 is 0.950 bits per heavy atom. The number of rotatable bonds is 2. The van der Waals surface area contributed by atoms with Crippen LogP contribution in [0.15, 0.2) is 65.4 Å². The summed E-state index contributed by atoms with van der Waals surface area (Å²) in [4.78, 5) is 12.2. The van der Waals surface area contributed by atoms with Crippen LogP contribution in [0.5, 0.6) is 0 Å². The minimum atomic E-state index is 0.708. The van der Waals surface area contributed by atoms with Gasteiger partial charge in [-0.25, -0.2) is 9.97 Å². The Hall–Kier alpha value is -2.88. The zero-order chi connectivity index (χ0) is 13.4. The molecule has 3 heterocycles. The summed E-state index contributed by atoms with van der Waals surface area (Å²) in [6.07, 6.45) is 3.43. The minimum Gasteiger partial charge on any atom is -0.464 e. The van der Waals surface area contributed by atoms with E-state index in [0.717, 1.165) is 28.2 Å². The summed E-state index contributed by atoms with van der Waals surface area (Å²) in [5, 5.41) is 0. The van der Waals surface area contributed by atoms with Crippen molar-refractivity contribution in [2.24, 2.45) is 0 Å². The zero-order valence-electron chi connectivity index (χ0n) is 10.6. The van der Waals surface area contributed by atoms with Gasteiger partial charge in [0.25, 0.3) is 0 Å². The lowest BCUT2D eigenvalue weighted by Gasteiger charge is -1.95. The minimum absolute atomic E-state index is 0.708. The Kier molecular flexibility index (Phi) is 2.39. The van der Waals surface area contributed by atoms with E-state index in [2.05, 4.69) is 15.0 Å². The lowest BCUT2D eigenvalue weighted by molar-refractivity contribution is 0.582. The number of aromatic nitrogens is 3. The van der Waals surface area contributed by atoms with E-state index in [0.29, 0.717) is 5.65 Å². The number of nitrogens with zero attached hydrogens (tertiary/aromatic N) is 2. The van der Waals surface area contributed by atoms with Crippen LogP contribution in [-0.4, -0.2) is 15.0 Å². The van der Waals surface area contributed by atoms with Crippen molar-refractivity contribution in [3.8, 4) is 22.7 Å². The van der Waals surface area contributed by atoms with Crippen molar-refractivity contribution >= 4 is 11.2 Å². The molecule has 0 aliphatic heterocycles. The normalized spacial score (nSPS) is 11.0. The second-order valence-corrected chi connectivity index (χ2v) is 4.52. The molecule has 4 rings (SSSR count). The monoisotopic (exact) mass is 261 g/mol. The first-order chi connectivity index (χ1) is 9.90. The first kappa shape index (κ1) is 11.0. The van der Waals surface area contributed by atoms with Gasteiger partial charge in [-0.15, -0.1) is 0 Å². The largest absolute Gasteiger partial charge is 0.464 e. The SMILES string of the molecule is c1ccc(-c2nc3ncc(-c4ccco4)cc3[nH]2)cc1. The molecule has 4 aromatic rings. The lowest BCUT2D eigenvalue weighted by atomic mass is 10.2. The molecule has 0 aliphatic rings. The number of hydrogen-bond acceptors (Lipinski definition) is 3. The Morgan fingerprint density at radius 2 is 1.85 bits per heavy atom. The number of fused-ring (bicyclic) bond motifs is 1. The molecular formula is C16H11N3O. The van der Waals surface area contributed by atoms with Gasteiger partial charge in [-0.2, -0.15) is 0 Å². The summed E-state index contributed by atoms with van der Waals surface area (Å²) in [5.74, 6) is 1.62. The van der Waals surface area contributed by atoms with Gasteiger partial charge in [-0.1, -0.05) is 30.3 Å². The number of H-pyrrole nitrogens is 1. The molecule has 0 spiro atoms. The second kappa shape index (κ2) is 4.35. The summed E-state index contributed by atoms with van der Waals surface area (Å²) in [6.45, 7) is 0. The number of aromatic amines is 1. The molecule has 3 aromatic heterocycles. The molecule has 1 N–H and O–H groups in total. The van der Waals surface area contributed by atoms with Crippen molar-refractivity contribution in [2.45, 2.75) is 0 Å². The fourth-order valence-electron chi connectivity index (χ4n) is 2.21. The van der Waals surface area contributed by atoms with Crippen LogP contribution in [-0.2, 0) is 0 Å². The fourth-order valence-corrected chi connectivity index (χ4v) is 2.21. The smallest absolute Gasteiger partial charge is 0.178 e. The predicted octanol–water partition coefficient (Wildman–Crippen LogP) is 3.88. The number of benzene rings is 1. The molecule has 0 saturated carbocycles. The van der Waals surface area contributed by atoms with Gasteiger partial charge in [0.05, 0.1) is 11.8 Å². The maximum atomic E-state index is 5.39. The van der Waals surface area contributed by atoms with Crippen molar-refractivity contribution in [3.05, 3.63) is 61.0 Å². The van der Waals surface area contributed by atoms with E-state index in [9.17, 15) is 0 Å². The van der Waals surface area contributed by atoms with E-state index in [-0.39, 0.29) is 0 Å². The van der Waals surface area contributed by atoms with E-state index in [1.807, 2.05) is 48.5 Å². The number of hydrogen-bond donors (Lipinski definition) is 1. The van der Waals surface area contributed by atoms with Gasteiger partial charge >= 0.3 is 0 Å².